The molecule has 0 atom stereocenters. The van der Waals surface area contributed by atoms with Gasteiger partial charge < -0.3 is 11.1 Å². The number of halogens is 1. The summed E-state index contributed by atoms with van der Waals surface area (Å²) in [5.74, 6) is 0. The van der Waals surface area contributed by atoms with Crippen LogP contribution in [0.3, 0.4) is 0 Å². The molecule has 0 aliphatic carbocycles. The summed E-state index contributed by atoms with van der Waals surface area (Å²) in [5.41, 5.74) is 8.35. The van der Waals surface area contributed by atoms with Crippen LogP contribution in [0.25, 0.3) is 10.8 Å². The van der Waals surface area contributed by atoms with E-state index in [1.54, 1.807) is 18.6 Å². The van der Waals surface area contributed by atoms with Gasteiger partial charge in [0.25, 0.3) is 0 Å². The van der Waals surface area contributed by atoms with Crippen molar-refractivity contribution in [1.82, 2.24) is 9.97 Å². The number of aromatic nitrogens is 2. The molecular formula is C14H11BrN4. The maximum absolute atomic E-state index is 5.95. The number of anilines is 3. The fourth-order valence-electron chi connectivity index (χ4n) is 1.95. The smallest absolute Gasteiger partial charge is 0.0794 e. The Hall–Kier alpha value is -2.14. The molecule has 0 aliphatic heterocycles. The Morgan fingerprint density at radius 3 is 2.79 bits per heavy atom. The molecule has 0 bridgehead atoms. The first-order valence-corrected chi connectivity index (χ1v) is 6.54. The molecule has 2 aromatic heterocycles. The van der Waals surface area contributed by atoms with Gasteiger partial charge in [-0.05, 0) is 28.1 Å². The highest BCUT2D eigenvalue weighted by atomic mass is 79.9. The van der Waals surface area contributed by atoms with Crippen LogP contribution in [0, 0.1) is 0 Å². The van der Waals surface area contributed by atoms with Gasteiger partial charge >= 0.3 is 0 Å². The second-order valence-corrected chi connectivity index (χ2v) is 4.97. The Bertz CT molecular complexity index is 717. The van der Waals surface area contributed by atoms with E-state index in [1.807, 2.05) is 30.5 Å². The fraction of sp³-hybridized carbons (Fsp3) is 0. The average molecular weight is 315 g/mol. The number of hydrogen-bond acceptors (Lipinski definition) is 4. The van der Waals surface area contributed by atoms with Crippen molar-refractivity contribution >= 4 is 43.8 Å². The molecule has 0 unspecified atom stereocenters. The molecule has 0 saturated carbocycles. The van der Waals surface area contributed by atoms with Gasteiger partial charge in [0.15, 0.2) is 0 Å². The van der Waals surface area contributed by atoms with Crippen LogP contribution in [0.15, 0.2) is 53.5 Å². The SMILES string of the molecule is Nc1cncc(Br)c1Nc1cccc2cnccc12. The second kappa shape index (κ2) is 4.85. The van der Waals surface area contributed by atoms with E-state index in [9.17, 15) is 0 Å². The summed E-state index contributed by atoms with van der Waals surface area (Å²) in [4.78, 5) is 8.15. The van der Waals surface area contributed by atoms with Gasteiger partial charge in [0, 0.05) is 35.1 Å². The van der Waals surface area contributed by atoms with E-state index in [-0.39, 0.29) is 0 Å². The Kier molecular flexibility index (Phi) is 3.05. The van der Waals surface area contributed by atoms with Crippen LogP contribution in [0.1, 0.15) is 0 Å². The van der Waals surface area contributed by atoms with Crippen LogP contribution < -0.4 is 11.1 Å². The molecular weight excluding hydrogens is 304 g/mol. The van der Waals surface area contributed by atoms with Crippen molar-refractivity contribution in [3.05, 3.63) is 53.5 Å². The Balaban J connectivity index is 2.11. The summed E-state index contributed by atoms with van der Waals surface area (Å²) in [5, 5.41) is 5.52. The number of hydrogen-bond donors (Lipinski definition) is 2. The molecule has 3 N–H and O–H groups in total. The van der Waals surface area contributed by atoms with E-state index in [0.717, 1.165) is 26.6 Å². The number of nitrogens with one attached hydrogen (secondary N) is 1. The molecule has 0 radical (unpaired) electrons. The molecule has 0 saturated heterocycles. The molecule has 0 spiro atoms. The largest absolute Gasteiger partial charge is 0.396 e. The van der Waals surface area contributed by atoms with Crippen molar-refractivity contribution in [2.45, 2.75) is 0 Å². The lowest BCUT2D eigenvalue weighted by atomic mass is 10.1. The van der Waals surface area contributed by atoms with Crippen molar-refractivity contribution in [1.29, 1.82) is 0 Å². The standard InChI is InChI=1S/C14H11BrN4/c15-11-7-18-8-12(16)14(11)19-13-3-1-2-9-6-17-5-4-10(9)13/h1-8H,16H2,(H,18,19). The van der Waals surface area contributed by atoms with E-state index >= 15 is 0 Å². The van der Waals surface area contributed by atoms with E-state index in [1.165, 1.54) is 0 Å². The quantitative estimate of drug-likeness (QED) is 0.756. The van der Waals surface area contributed by atoms with E-state index in [2.05, 4.69) is 31.2 Å². The predicted octanol–water partition coefficient (Wildman–Crippen LogP) is 3.72. The Morgan fingerprint density at radius 1 is 1.05 bits per heavy atom. The zero-order valence-corrected chi connectivity index (χ0v) is 11.6. The van der Waals surface area contributed by atoms with Gasteiger partial charge in [-0.15, -0.1) is 0 Å². The first-order chi connectivity index (χ1) is 9.25. The van der Waals surface area contributed by atoms with Crippen LogP contribution in [0.2, 0.25) is 0 Å². The van der Waals surface area contributed by atoms with Crippen LogP contribution in [-0.2, 0) is 0 Å². The molecule has 1 aromatic carbocycles. The first-order valence-electron chi connectivity index (χ1n) is 5.74. The monoisotopic (exact) mass is 314 g/mol. The van der Waals surface area contributed by atoms with Crippen LogP contribution in [0.4, 0.5) is 17.1 Å². The zero-order valence-electron chi connectivity index (χ0n) is 9.97. The van der Waals surface area contributed by atoms with Gasteiger partial charge in [0.1, 0.15) is 0 Å². The summed E-state index contributed by atoms with van der Waals surface area (Å²) in [6.45, 7) is 0. The molecule has 94 valence electrons. The Morgan fingerprint density at radius 2 is 1.95 bits per heavy atom. The van der Waals surface area contributed by atoms with Gasteiger partial charge in [0.2, 0.25) is 0 Å². The van der Waals surface area contributed by atoms with Crippen molar-refractivity contribution in [3.8, 4) is 0 Å². The number of rotatable bonds is 2. The summed E-state index contributed by atoms with van der Waals surface area (Å²) in [6, 6.07) is 7.99. The molecule has 3 rings (SSSR count). The van der Waals surface area contributed by atoms with Crippen LogP contribution in [0.5, 0.6) is 0 Å². The second-order valence-electron chi connectivity index (χ2n) is 4.11. The van der Waals surface area contributed by atoms with E-state index < -0.39 is 0 Å². The van der Waals surface area contributed by atoms with E-state index in [4.69, 9.17) is 5.73 Å². The lowest BCUT2D eigenvalue weighted by Gasteiger charge is -2.12. The van der Waals surface area contributed by atoms with Crippen molar-refractivity contribution in [2.75, 3.05) is 11.1 Å². The van der Waals surface area contributed by atoms with Gasteiger partial charge in [-0.1, -0.05) is 12.1 Å². The summed E-state index contributed by atoms with van der Waals surface area (Å²) in [7, 11) is 0. The van der Waals surface area contributed by atoms with Gasteiger partial charge in [-0.2, -0.15) is 0 Å². The third kappa shape index (κ3) is 2.24. The summed E-state index contributed by atoms with van der Waals surface area (Å²) < 4.78 is 0.832. The molecule has 3 aromatic rings. The molecule has 4 nitrogen and oxygen atoms in total. The molecule has 19 heavy (non-hydrogen) atoms. The van der Waals surface area contributed by atoms with Crippen molar-refractivity contribution in [2.24, 2.45) is 0 Å². The normalized spacial score (nSPS) is 10.6. The zero-order chi connectivity index (χ0) is 13.2. The molecule has 0 aliphatic rings. The van der Waals surface area contributed by atoms with Crippen LogP contribution in [-0.4, -0.2) is 9.97 Å². The highest BCUT2D eigenvalue weighted by Crippen LogP contribution is 2.32. The number of benzene rings is 1. The third-order valence-electron chi connectivity index (χ3n) is 2.87. The van der Waals surface area contributed by atoms with Gasteiger partial charge in [-0.3, -0.25) is 9.97 Å². The number of nitrogen functional groups attached to an aromatic ring is 1. The summed E-state index contributed by atoms with van der Waals surface area (Å²) >= 11 is 3.45. The topological polar surface area (TPSA) is 63.8 Å². The van der Waals surface area contributed by atoms with Crippen LogP contribution >= 0.6 is 15.9 Å². The maximum atomic E-state index is 5.95. The lowest BCUT2D eigenvalue weighted by Crippen LogP contribution is -1.98. The lowest BCUT2D eigenvalue weighted by molar-refractivity contribution is 1.31. The molecule has 2 heterocycles. The van der Waals surface area contributed by atoms with Crippen molar-refractivity contribution in [3.63, 3.8) is 0 Å². The van der Waals surface area contributed by atoms with Gasteiger partial charge in [0.05, 0.1) is 22.0 Å². The van der Waals surface area contributed by atoms with E-state index in [0.29, 0.717) is 5.69 Å². The van der Waals surface area contributed by atoms with Gasteiger partial charge in [-0.25, -0.2) is 0 Å². The molecule has 0 fully saturated rings. The molecule has 5 heteroatoms. The van der Waals surface area contributed by atoms with Crippen molar-refractivity contribution < 1.29 is 0 Å². The first kappa shape index (κ1) is 11.9. The highest BCUT2D eigenvalue weighted by Gasteiger charge is 2.07. The number of fused-ring (bicyclic) bond motifs is 1. The Labute approximate surface area is 118 Å². The number of nitrogens with zero attached hydrogens (tertiary/aromatic N) is 2. The number of pyridine rings is 2. The predicted molar refractivity (Wildman–Crippen MR) is 81.4 cm³/mol. The molecule has 0 amide bonds. The minimum absolute atomic E-state index is 0.598. The minimum Gasteiger partial charge on any atom is -0.396 e. The third-order valence-corrected chi connectivity index (χ3v) is 3.47. The highest BCUT2D eigenvalue weighted by molar-refractivity contribution is 9.10. The maximum Gasteiger partial charge on any atom is 0.0794 e. The fourth-order valence-corrected chi connectivity index (χ4v) is 2.39. The minimum atomic E-state index is 0.598. The summed E-state index contributed by atoms with van der Waals surface area (Å²) in [6.07, 6.45) is 6.95. The number of nitrogens with two attached hydrogens (primary N) is 1. The average Bonchev–Trinajstić information content (AvgIpc) is 2.43.